The Kier molecular flexibility index (Phi) is 6.40. The number of imidazole rings is 1. The Balaban J connectivity index is 1.46. The summed E-state index contributed by atoms with van der Waals surface area (Å²) in [5.74, 6) is 1.16. The fourth-order valence-corrected chi connectivity index (χ4v) is 2.53. The number of nitrogens with one attached hydrogen (secondary N) is 2. The van der Waals surface area contributed by atoms with Crippen molar-refractivity contribution in [2.24, 2.45) is 4.99 Å². The largest absolute Gasteiger partial charge is 0.492 e. The van der Waals surface area contributed by atoms with Crippen LogP contribution in [0.1, 0.15) is 5.56 Å². The zero-order valence-corrected chi connectivity index (χ0v) is 15.1. The summed E-state index contributed by atoms with van der Waals surface area (Å²) in [6.07, 6.45) is 4.89. The molecule has 0 saturated carbocycles. The summed E-state index contributed by atoms with van der Waals surface area (Å²) in [6, 6.07) is 14.7. The maximum absolute atomic E-state index is 14.3. The summed E-state index contributed by atoms with van der Waals surface area (Å²) in [5.41, 5.74) is 1.29. The topological polar surface area (TPSA) is 63.5 Å². The second kappa shape index (κ2) is 9.38. The molecule has 0 aliphatic carbocycles. The normalized spacial score (nSPS) is 11.3. The number of halogens is 1. The van der Waals surface area contributed by atoms with Gasteiger partial charge in [-0.15, -0.1) is 0 Å². The lowest BCUT2D eigenvalue weighted by atomic mass is 10.2. The highest BCUT2D eigenvalue weighted by Gasteiger charge is 2.06. The molecule has 0 fully saturated rings. The lowest BCUT2D eigenvalue weighted by Crippen LogP contribution is -2.38. The van der Waals surface area contributed by atoms with E-state index in [1.54, 1.807) is 36.4 Å². The first-order valence-electron chi connectivity index (χ1n) is 8.65. The zero-order valence-electron chi connectivity index (χ0n) is 15.1. The van der Waals surface area contributed by atoms with E-state index in [9.17, 15) is 4.39 Å². The van der Waals surface area contributed by atoms with Crippen molar-refractivity contribution < 1.29 is 9.13 Å². The maximum atomic E-state index is 14.3. The average molecular weight is 367 g/mol. The first-order chi connectivity index (χ1) is 13.3. The maximum Gasteiger partial charge on any atom is 0.191 e. The fraction of sp³-hybridized carbons (Fsp3) is 0.200. The van der Waals surface area contributed by atoms with Crippen LogP contribution in [-0.4, -0.2) is 35.7 Å². The first-order valence-corrected chi connectivity index (χ1v) is 8.65. The molecule has 2 N–H and O–H groups in total. The summed E-state index contributed by atoms with van der Waals surface area (Å²) < 4.78 is 21.6. The van der Waals surface area contributed by atoms with E-state index >= 15 is 0 Å². The molecular formula is C20H22FN5O. The van der Waals surface area contributed by atoms with Crippen LogP contribution in [0.25, 0.3) is 5.69 Å². The molecule has 27 heavy (non-hydrogen) atoms. The van der Waals surface area contributed by atoms with Gasteiger partial charge in [0.2, 0.25) is 0 Å². The molecule has 0 aliphatic rings. The summed E-state index contributed by atoms with van der Waals surface area (Å²) in [7, 11) is 1.69. The van der Waals surface area contributed by atoms with Gasteiger partial charge in [0.15, 0.2) is 5.96 Å². The Labute approximate surface area is 157 Å². The summed E-state index contributed by atoms with van der Waals surface area (Å²) >= 11 is 0. The number of nitrogens with zero attached hydrogens (tertiary/aromatic N) is 3. The van der Waals surface area contributed by atoms with Gasteiger partial charge in [0.25, 0.3) is 0 Å². The SMILES string of the molecule is CN=C(NCCOc1ccccc1)NCc1ccc(-n2ccnc2)c(F)c1. The molecule has 7 heteroatoms. The molecule has 0 spiro atoms. The lowest BCUT2D eigenvalue weighted by Gasteiger charge is -2.13. The van der Waals surface area contributed by atoms with Gasteiger partial charge in [0, 0.05) is 26.0 Å². The van der Waals surface area contributed by atoms with Crippen LogP contribution >= 0.6 is 0 Å². The van der Waals surface area contributed by atoms with E-state index in [1.165, 1.54) is 6.07 Å². The van der Waals surface area contributed by atoms with Gasteiger partial charge in [-0.3, -0.25) is 4.99 Å². The van der Waals surface area contributed by atoms with Gasteiger partial charge in [0.05, 0.1) is 18.6 Å². The van der Waals surface area contributed by atoms with Gasteiger partial charge in [-0.1, -0.05) is 24.3 Å². The van der Waals surface area contributed by atoms with Crippen molar-refractivity contribution in [1.29, 1.82) is 0 Å². The van der Waals surface area contributed by atoms with Crippen molar-refractivity contribution in [3.8, 4) is 11.4 Å². The number of hydrogen-bond acceptors (Lipinski definition) is 3. The van der Waals surface area contributed by atoms with Crippen molar-refractivity contribution in [3.63, 3.8) is 0 Å². The van der Waals surface area contributed by atoms with Crippen molar-refractivity contribution in [3.05, 3.63) is 78.6 Å². The number of benzene rings is 2. The smallest absolute Gasteiger partial charge is 0.191 e. The van der Waals surface area contributed by atoms with Gasteiger partial charge in [-0.2, -0.15) is 0 Å². The molecule has 1 heterocycles. The number of aromatic nitrogens is 2. The number of para-hydroxylation sites is 1. The van der Waals surface area contributed by atoms with Crippen LogP contribution in [0.4, 0.5) is 4.39 Å². The third-order valence-corrected chi connectivity index (χ3v) is 3.88. The molecule has 0 saturated heterocycles. The molecule has 6 nitrogen and oxygen atoms in total. The summed E-state index contributed by atoms with van der Waals surface area (Å²) in [5, 5.41) is 6.33. The number of aliphatic imine (C=N–C) groups is 1. The Morgan fingerprint density at radius 1 is 1.19 bits per heavy atom. The number of hydrogen-bond donors (Lipinski definition) is 2. The standard InChI is InChI=1S/C20H22FN5O/c1-22-20(24-10-12-27-17-5-3-2-4-6-17)25-14-16-7-8-19(18(21)13-16)26-11-9-23-15-26/h2-9,11,13,15H,10,12,14H2,1H3,(H2,22,24,25). The predicted octanol–water partition coefficient (Wildman–Crippen LogP) is 2.76. The van der Waals surface area contributed by atoms with E-state index in [4.69, 9.17) is 4.74 Å². The second-order valence-electron chi connectivity index (χ2n) is 5.77. The van der Waals surface area contributed by atoms with Crippen LogP contribution in [0.15, 0.2) is 72.2 Å². The molecule has 0 bridgehead atoms. The van der Waals surface area contributed by atoms with Gasteiger partial charge in [-0.25, -0.2) is 9.37 Å². The highest BCUT2D eigenvalue weighted by molar-refractivity contribution is 5.79. The zero-order chi connectivity index (χ0) is 18.9. The van der Waals surface area contributed by atoms with Crippen molar-refractivity contribution in [2.75, 3.05) is 20.2 Å². The average Bonchev–Trinajstić information content (AvgIpc) is 3.23. The minimum atomic E-state index is -0.300. The first kappa shape index (κ1) is 18.4. The fourth-order valence-electron chi connectivity index (χ4n) is 2.53. The molecule has 0 aliphatic heterocycles. The van der Waals surface area contributed by atoms with Crippen molar-refractivity contribution in [2.45, 2.75) is 6.54 Å². The Bertz CT molecular complexity index is 865. The molecule has 0 amide bonds. The third kappa shape index (κ3) is 5.31. The Hall–Kier alpha value is -3.35. The molecule has 0 unspecified atom stereocenters. The minimum Gasteiger partial charge on any atom is -0.492 e. The molecule has 140 valence electrons. The van der Waals surface area contributed by atoms with Crippen molar-refractivity contribution in [1.82, 2.24) is 20.2 Å². The number of guanidine groups is 1. The lowest BCUT2D eigenvalue weighted by molar-refractivity contribution is 0.322. The van der Waals surface area contributed by atoms with Crippen LogP contribution in [0.2, 0.25) is 0 Å². The molecule has 0 atom stereocenters. The van der Waals surface area contributed by atoms with Crippen molar-refractivity contribution >= 4 is 5.96 Å². The third-order valence-electron chi connectivity index (χ3n) is 3.88. The molecule has 3 aromatic rings. The molecular weight excluding hydrogens is 345 g/mol. The highest BCUT2D eigenvalue weighted by Crippen LogP contribution is 2.14. The molecule has 3 rings (SSSR count). The van der Waals surface area contributed by atoms with E-state index < -0.39 is 0 Å². The van der Waals surface area contributed by atoms with Gasteiger partial charge in [0.1, 0.15) is 18.2 Å². The van der Waals surface area contributed by atoms with Crippen LogP contribution < -0.4 is 15.4 Å². The van der Waals surface area contributed by atoms with E-state index in [0.717, 1.165) is 11.3 Å². The second-order valence-corrected chi connectivity index (χ2v) is 5.77. The minimum absolute atomic E-state index is 0.300. The van der Waals surface area contributed by atoms with E-state index in [0.29, 0.717) is 31.3 Å². The van der Waals surface area contributed by atoms with Crippen LogP contribution in [0, 0.1) is 5.82 Å². The van der Waals surface area contributed by atoms with Gasteiger partial charge >= 0.3 is 0 Å². The predicted molar refractivity (Wildman–Crippen MR) is 104 cm³/mol. The summed E-state index contributed by atoms with van der Waals surface area (Å²) in [4.78, 5) is 8.10. The number of rotatable bonds is 7. The molecule has 1 aromatic heterocycles. The van der Waals surface area contributed by atoms with Gasteiger partial charge < -0.3 is 19.9 Å². The van der Waals surface area contributed by atoms with E-state index in [2.05, 4.69) is 20.6 Å². The van der Waals surface area contributed by atoms with Crippen LogP contribution in [0.3, 0.4) is 0 Å². The Morgan fingerprint density at radius 2 is 2.04 bits per heavy atom. The van der Waals surface area contributed by atoms with E-state index in [1.807, 2.05) is 36.4 Å². The quantitative estimate of drug-likeness (QED) is 0.383. The number of ether oxygens (including phenoxy) is 1. The Morgan fingerprint density at radius 3 is 2.74 bits per heavy atom. The monoisotopic (exact) mass is 367 g/mol. The van der Waals surface area contributed by atoms with E-state index in [-0.39, 0.29) is 5.82 Å². The molecule has 2 aromatic carbocycles. The summed E-state index contributed by atoms with van der Waals surface area (Å²) in [6.45, 7) is 1.57. The van der Waals surface area contributed by atoms with Gasteiger partial charge in [-0.05, 0) is 29.8 Å². The molecule has 0 radical (unpaired) electrons. The van der Waals surface area contributed by atoms with Crippen LogP contribution in [-0.2, 0) is 6.54 Å². The van der Waals surface area contributed by atoms with Crippen LogP contribution in [0.5, 0.6) is 5.75 Å². The highest BCUT2D eigenvalue weighted by atomic mass is 19.1.